The van der Waals surface area contributed by atoms with Gasteiger partial charge in [-0.2, -0.15) is 0 Å². The molecule has 0 atom stereocenters. The van der Waals surface area contributed by atoms with Gasteiger partial charge in [-0.05, 0) is 26.0 Å². The molecule has 0 aliphatic carbocycles. The summed E-state index contributed by atoms with van der Waals surface area (Å²) in [5.74, 6) is 1.08. The first kappa shape index (κ1) is 20.1. The third kappa shape index (κ3) is 4.61. The summed E-state index contributed by atoms with van der Waals surface area (Å²) >= 11 is 1.38. The highest BCUT2D eigenvalue weighted by molar-refractivity contribution is 7.99. The maximum atomic E-state index is 12.6. The summed E-state index contributed by atoms with van der Waals surface area (Å²) in [6.45, 7) is 6.88. The van der Waals surface area contributed by atoms with E-state index in [-0.39, 0.29) is 17.8 Å². The third-order valence-electron chi connectivity index (χ3n) is 4.45. The van der Waals surface area contributed by atoms with E-state index in [2.05, 4.69) is 15.2 Å². The van der Waals surface area contributed by atoms with Gasteiger partial charge in [0.25, 0.3) is 0 Å². The molecule has 1 aliphatic heterocycles. The molecular weight excluding hydrogens is 380 g/mol. The van der Waals surface area contributed by atoms with E-state index in [0.717, 1.165) is 11.4 Å². The van der Waals surface area contributed by atoms with Crippen LogP contribution in [-0.2, 0) is 16.1 Å². The van der Waals surface area contributed by atoms with Crippen molar-refractivity contribution in [2.45, 2.75) is 25.5 Å². The highest BCUT2D eigenvalue weighted by atomic mass is 32.2. The lowest BCUT2D eigenvalue weighted by Gasteiger charge is -2.34. The van der Waals surface area contributed by atoms with Crippen LogP contribution < -0.4 is 0 Å². The lowest BCUT2D eigenvalue weighted by molar-refractivity contribution is -0.129. The Balaban J connectivity index is 1.56. The molecule has 0 unspecified atom stereocenters. The number of aromatic nitrogens is 4. The number of carbonyl (C=O) groups is 2. The van der Waals surface area contributed by atoms with Crippen molar-refractivity contribution >= 4 is 23.8 Å². The van der Waals surface area contributed by atoms with Crippen LogP contribution in [0.15, 0.2) is 29.7 Å². The Morgan fingerprint density at radius 1 is 1.07 bits per heavy atom. The first-order chi connectivity index (χ1) is 13.6. The molecule has 0 radical (unpaired) electrons. The van der Waals surface area contributed by atoms with Crippen molar-refractivity contribution in [3.8, 4) is 11.4 Å². The molecule has 28 heavy (non-hydrogen) atoms. The number of nitrogens with zero attached hydrogens (tertiary/aromatic N) is 6. The number of hydrogen-bond donors (Lipinski definition) is 0. The normalized spacial score (nSPS) is 14.2. The van der Waals surface area contributed by atoms with Gasteiger partial charge in [0.2, 0.25) is 5.91 Å². The zero-order chi connectivity index (χ0) is 19.9. The van der Waals surface area contributed by atoms with Gasteiger partial charge in [0, 0.05) is 50.7 Å². The Kier molecular flexibility index (Phi) is 6.85. The van der Waals surface area contributed by atoms with E-state index in [1.807, 2.05) is 23.6 Å². The monoisotopic (exact) mass is 404 g/mol. The lowest BCUT2D eigenvalue weighted by atomic mass is 10.2. The Hall–Kier alpha value is -2.62. The Morgan fingerprint density at radius 2 is 1.75 bits per heavy atom. The average molecular weight is 404 g/mol. The highest BCUT2D eigenvalue weighted by Gasteiger charge is 2.25. The summed E-state index contributed by atoms with van der Waals surface area (Å²) in [6, 6.07) is 3.78. The number of pyridine rings is 1. The summed E-state index contributed by atoms with van der Waals surface area (Å²) in [4.78, 5) is 31.7. The molecular formula is C18H24N6O3S. The lowest BCUT2D eigenvalue weighted by Crippen LogP contribution is -2.51. The molecule has 1 aliphatic rings. The van der Waals surface area contributed by atoms with Crippen LogP contribution in [0.4, 0.5) is 4.79 Å². The molecule has 1 saturated heterocycles. The number of carbonyl (C=O) groups excluding carboxylic acids is 2. The van der Waals surface area contributed by atoms with Crippen LogP contribution in [-0.4, -0.2) is 80.1 Å². The largest absolute Gasteiger partial charge is 0.450 e. The van der Waals surface area contributed by atoms with E-state index in [9.17, 15) is 9.59 Å². The zero-order valence-electron chi connectivity index (χ0n) is 16.1. The molecule has 0 bridgehead atoms. The second-order valence-electron chi connectivity index (χ2n) is 6.14. The van der Waals surface area contributed by atoms with E-state index < -0.39 is 0 Å². The molecule has 3 rings (SSSR count). The van der Waals surface area contributed by atoms with Gasteiger partial charge >= 0.3 is 6.09 Å². The SMILES string of the molecule is CCOC(=O)N1CCN(C(=O)CSc2nnc(-c3ccncc3)n2CC)CC1. The number of amides is 2. The second kappa shape index (κ2) is 9.54. The first-order valence-electron chi connectivity index (χ1n) is 9.29. The van der Waals surface area contributed by atoms with Crippen LogP contribution >= 0.6 is 11.8 Å². The molecule has 9 nitrogen and oxygen atoms in total. The third-order valence-corrected chi connectivity index (χ3v) is 5.41. The van der Waals surface area contributed by atoms with Crippen LogP contribution in [0.1, 0.15) is 13.8 Å². The molecule has 2 aromatic rings. The number of ether oxygens (including phenoxy) is 1. The second-order valence-corrected chi connectivity index (χ2v) is 7.08. The fourth-order valence-electron chi connectivity index (χ4n) is 2.97. The molecule has 2 aromatic heterocycles. The van der Waals surface area contributed by atoms with Gasteiger partial charge in [-0.1, -0.05) is 11.8 Å². The summed E-state index contributed by atoms with van der Waals surface area (Å²) in [6.07, 6.45) is 3.12. The van der Waals surface area contributed by atoms with E-state index in [1.165, 1.54) is 11.8 Å². The van der Waals surface area contributed by atoms with Crippen molar-refractivity contribution in [3.05, 3.63) is 24.5 Å². The van der Waals surface area contributed by atoms with Gasteiger partial charge in [0.1, 0.15) is 0 Å². The van der Waals surface area contributed by atoms with Crippen LogP contribution in [0, 0.1) is 0 Å². The maximum Gasteiger partial charge on any atom is 0.409 e. The Labute approximate surface area is 168 Å². The minimum atomic E-state index is -0.316. The molecule has 1 fully saturated rings. The van der Waals surface area contributed by atoms with Crippen LogP contribution in [0.25, 0.3) is 11.4 Å². The maximum absolute atomic E-state index is 12.6. The minimum absolute atomic E-state index is 0.0321. The summed E-state index contributed by atoms with van der Waals surface area (Å²) in [5.41, 5.74) is 0.942. The molecule has 10 heteroatoms. The fraction of sp³-hybridized carbons (Fsp3) is 0.500. The summed E-state index contributed by atoms with van der Waals surface area (Å²) < 4.78 is 7.00. The van der Waals surface area contributed by atoms with Crippen LogP contribution in [0.3, 0.4) is 0 Å². The topological polar surface area (TPSA) is 93.4 Å². The molecule has 3 heterocycles. The van der Waals surface area contributed by atoms with Crippen LogP contribution in [0.5, 0.6) is 0 Å². The quantitative estimate of drug-likeness (QED) is 0.677. The number of thioether (sulfide) groups is 1. The summed E-state index contributed by atoms with van der Waals surface area (Å²) in [7, 11) is 0. The molecule has 0 saturated carbocycles. The van der Waals surface area contributed by atoms with Gasteiger partial charge in [-0.3, -0.25) is 9.78 Å². The van der Waals surface area contributed by atoms with Gasteiger partial charge < -0.3 is 19.1 Å². The van der Waals surface area contributed by atoms with E-state index >= 15 is 0 Å². The van der Waals surface area contributed by atoms with Crippen molar-refractivity contribution in [1.29, 1.82) is 0 Å². The zero-order valence-corrected chi connectivity index (χ0v) is 16.9. The van der Waals surface area contributed by atoms with Crippen molar-refractivity contribution in [1.82, 2.24) is 29.5 Å². The predicted octanol–water partition coefficient (Wildman–Crippen LogP) is 1.75. The standard InChI is InChI=1S/C18H24N6O3S/c1-3-24-16(14-5-7-19-8-6-14)20-21-17(24)28-13-15(25)22-9-11-23(12-10-22)18(26)27-4-2/h5-8H,3-4,9-13H2,1-2H3. The molecule has 0 aromatic carbocycles. The van der Waals surface area contributed by atoms with E-state index in [0.29, 0.717) is 44.5 Å². The van der Waals surface area contributed by atoms with Crippen molar-refractivity contribution < 1.29 is 14.3 Å². The number of piperazine rings is 1. The van der Waals surface area contributed by atoms with Gasteiger partial charge in [-0.15, -0.1) is 10.2 Å². The van der Waals surface area contributed by atoms with Gasteiger partial charge in [0.15, 0.2) is 11.0 Å². The Bertz CT molecular complexity index is 805. The number of hydrogen-bond acceptors (Lipinski definition) is 7. The molecule has 0 spiro atoms. The predicted molar refractivity (Wildman–Crippen MR) is 105 cm³/mol. The van der Waals surface area contributed by atoms with Crippen molar-refractivity contribution in [2.24, 2.45) is 0 Å². The average Bonchev–Trinajstić information content (AvgIpc) is 3.16. The van der Waals surface area contributed by atoms with Crippen LogP contribution in [0.2, 0.25) is 0 Å². The molecule has 0 N–H and O–H groups in total. The highest BCUT2D eigenvalue weighted by Crippen LogP contribution is 2.23. The van der Waals surface area contributed by atoms with E-state index in [4.69, 9.17) is 4.74 Å². The Morgan fingerprint density at radius 3 is 2.39 bits per heavy atom. The first-order valence-corrected chi connectivity index (χ1v) is 10.3. The fourth-order valence-corrected chi connectivity index (χ4v) is 3.87. The van der Waals surface area contributed by atoms with Crippen molar-refractivity contribution in [2.75, 3.05) is 38.5 Å². The van der Waals surface area contributed by atoms with Gasteiger partial charge in [-0.25, -0.2) is 4.79 Å². The smallest absolute Gasteiger partial charge is 0.409 e. The molecule has 150 valence electrons. The minimum Gasteiger partial charge on any atom is -0.450 e. The van der Waals surface area contributed by atoms with Gasteiger partial charge in [0.05, 0.1) is 12.4 Å². The number of rotatable bonds is 6. The van der Waals surface area contributed by atoms with Crippen molar-refractivity contribution in [3.63, 3.8) is 0 Å². The summed E-state index contributed by atoms with van der Waals surface area (Å²) in [5, 5.41) is 9.24. The van der Waals surface area contributed by atoms with E-state index in [1.54, 1.807) is 29.1 Å². The molecule has 2 amide bonds.